The number of nitrogen functional groups attached to an aromatic ring is 1. The van der Waals surface area contributed by atoms with Crippen molar-refractivity contribution in [3.8, 4) is 11.4 Å². The van der Waals surface area contributed by atoms with Gasteiger partial charge in [-0.15, -0.1) is 5.10 Å². The Hall–Kier alpha value is -1.76. The van der Waals surface area contributed by atoms with E-state index in [9.17, 15) is 4.21 Å². The number of anilines is 1. The summed E-state index contributed by atoms with van der Waals surface area (Å²) in [5.41, 5.74) is 8.44. The molecule has 2 aromatic rings. The van der Waals surface area contributed by atoms with Crippen molar-refractivity contribution in [3.05, 3.63) is 23.8 Å². The fourth-order valence-corrected chi connectivity index (χ4v) is 2.05. The summed E-state index contributed by atoms with van der Waals surface area (Å²) < 4.78 is 13.1. The molecule has 2 atom stereocenters. The van der Waals surface area contributed by atoms with E-state index in [1.54, 1.807) is 10.9 Å². The van der Waals surface area contributed by atoms with Gasteiger partial charge in [-0.3, -0.25) is 4.21 Å². The van der Waals surface area contributed by atoms with Crippen LogP contribution in [0.5, 0.6) is 0 Å². The van der Waals surface area contributed by atoms with Gasteiger partial charge >= 0.3 is 0 Å². The van der Waals surface area contributed by atoms with Crippen LogP contribution in [-0.4, -0.2) is 35.9 Å². The second kappa shape index (κ2) is 5.48. The van der Waals surface area contributed by atoms with E-state index in [0.717, 1.165) is 16.8 Å². The number of aryl methyl sites for hydroxylation is 1. The molecule has 2 N–H and O–H groups in total. The third-order valence-electron chi connectivity index (χ3n) is 3.06. The van der Waals surface area contributed by atoms with Gasteiger partial charge < -0.3 is 5.73 Å². The highest BCUT2D eigenvalue weighted by atomic mass is 32.2. The summed E-state index contributed by atoms with van der Waals surface area (Å²) in [4.78, 5) is 0. The molecule has 0 fully saturated rings. The maximum absolute atomic E-state index is 11.4. The molecular formula is C12H17N5OS. The average molecular weight is 279 g/mol. The smallest absolute Gasteiger partial charge is 0.182 e. The third-order valence-corrected chi connectivity index (χ3v) is 4.34. The van der Waals surface area contributed by atoms with Gasteiger partial charge in [0, 0.05) is 28.3 Å². The third kappa shape index (κ3) is 2.98. The summed E-state index contributed by atoms with van der Waals surface area (Å²) in [5.74, 6) is 0.667. The van der Waals surface area contributed by atoms with Gasteiger partial charge in [-0.1, -0.05) is 0 Å². The van der Waals surface area contributed by atoms with Crippen LogP contribution in [0.3, 0.4) is 0 Å². The number of nitrogens with two attached hydrogens (primary N) is 1. The quantitative estimate of drug-likeness (QED) is 0.844. The molecule has 0 saturated carbocycles. The minimum absolute atomic E-state index is 0.00266. The molecule has 19 heavy (non-hydrogen) atoms. The summed E-state index contributed by atoms with van der Waals surface area (Å²) in [6.07, 6.45) is 1.68. The number of hydrogen-bond acceptors (Lipinski definition) is 5. The first kappa shape index (κ1) is 13.7. The van der Waals surface area contributed by atoms with Gasteiger partial charge in [-0.2, -0.15) is 0 Å². The molecule has 0 spiro atoms. The highest BCUT2D eigenvalue weighted by Gasteiger charge is 2.14. The number of aromatic nitrogens is 4. The van der Waals surface area contributed by atoms with Crippen LogP contribution in [0.15, 0.2) is 18.2 Å². The van der Waals surface area contributed by atoms with Crippen molar-refractivity contribution in [2.75, 3.05) is 12.0 Å². The zero-order chi connectivity index (χ0) is 14.0. The van der Waals surface area contributed by atoms with Crippen molar-refractivity contribution in [2.45, 2.75) is 25.6 Å². The Balaban J connectivity index is 2.33. The molecule has 2 unspecified atom stereocenters. The Kier molecular flexibility index (Phi) is 3.94. The SMILES string of the molecule is Cc1cc(-c2nnnn2CC(C)S(C)=O)ccc1N. The first-order valence-corrected chi connectivity index (χ1v) is 7.56. The summed E-state index contributed by atoms with van der Waals surface area (Å²) in [6.45, 7) is 4.38. The average Bonchev–Trinajstić information content (AvgIpc) is 2.80. The van der Waals surface area contributed by atoms with Crippen LogP contribution in [0.4, 0.5) is 5.69 Å². The monoisotopic (exact) mass is 279 g/mol. The Morgan fingerprint density at radius 3 is 2.84 bits per heavy atom. The predicted octanol–water partition coefficient (Wildman–Crippen LogP) is 0.998. The second-order valence-electron chi connectivity index (χ2n) is 4.57. The molecule has 2 rings (SSSR count). The highest BCUT2D eigenvalue weighted by molar-refractivity contribution is 7.84. The lowest BCUT2D eigenvalue weighted by Gasteiger charge is -2.10. The van der Waals surface area contributed by atoms with E-state index in [0.29, 0.717) is 12.4 Å². The topological polar surface area (TPSA) is 86.7 Å². The van der Waals surface area contributed by atoms with Crippen LogP contribution in [0.2, 0.25) is 0 Å². The van der Waals surface area contributed by atoms with Crippen molar-refractivity contribution in [2.24, 2.45) is 0 Å². The van der Waals surface area contributed by atoms with Crippen molar-refractivity contribution < 1.29 is 4.21 Å². The summed E-state index contributed by atoms with van der Waals surface area (Å²) >= 11 is 0. The summed E-state index contributed by atoms with van der Waals surface area (Å²) in [7, 11) is -0.904. The predicted molar refractivity (Wildman–Crippen MR) is 75.9 cm³/mol. The lowest BCUT2D eigenvalue weighted by atomic mass is 10.1. The second-order valence-corrected chi connectivity index (χ2v) is 6.37. The molecule has 0 aliphatic heterocycles. The Bertz CT molecular complexity index is 610. The largest absolute Gasteiger partial charge is 0.399 e. The molecule has 0 bridgehead atoms. The Labute approximate surface area is 114 Å². The number of rotatable bonds is 4. The molecule has 0 aliphatic carbocycles. The highest BCUT2D eigenvalue weighted by Crippen LogP contribution is 2.21. The van der Waals surface area contributed by atoms with E-state index < -0.39 is 10.8 Å². The van der Waals surface area contributed by atoms with Crippen molar-refractivity contribution >= 4 is 16.5 Å². The van der Waals surface area contributed by atoms with Gasteiger partial charge in [0.1, 0.15) is 0 Å². The van der Waals surface area contributed by atoms with E-state index in [1.807, 2.05) is 32.0 Å². The zero-order valence-corrected chi connectivity index (χ0v) is 12.0. The van der Waals surface area contributed by atoms with E-state index in [2.05, 4.69) is 15.5 Å². The molecule has 0 saturated heterocycles. The van der Waals surface area contributed by atoms with Crippen LogP contribution in [-0.2, 0) is 17.3 Å². The molecule has 1 heterocycles. The molecular weight excluding hydrogens is 262 g/mol. The van der Waals surface area contributed by atoms with Crippen molar-refractivity contribution in [1.29, 1.82) is 0 Å². The first-order valence-electron chi connectivity index (χ1n) is 5.94. The van der Waals surface area contributed by atoms with Gasteiger partial charge in [0.2, 0.25) is 0 Å². The molecule has 0 amide bonds. The maximum atomic E-state index is 11.4. The molecule has 0 aliphatic rings. The van der Waals surface area contributed by atoms with Gasteiger partial charge in [0.05, 0.1) is 11.8 Å². The van der Waals surface area contributed by atoms with Gasteiger partial charge in [0.25, 0.3) is 0 Å². The summed E-state index contributed by atoms with van der Waals surface area (Å²) in [5, 5.41) is 11.7. The van der Waals surface area contributed by atoms with Gasteiger partial charge in [-0.05, 0) is 48.0 Å². The Morgan fingerprint density at radius 1 is 1.47 bits per heavy atom. The van der Waals surface area contributed by atoms with Crippen LogP contribution in [0, 0.1) is 6.92 Å². The van der Waals surface area contributed by atoms with E-state index in [4.69, 9.17) is 5.73 Å². The summed E-state index contributed by atoms with van der Waals surface area (Å²) in [6, 6.07) is 5.67. The fourth-order valence-electron chi connectivity index (χ4n) is 1.70. The lowest BCUT2D eigenvalue weighted by molar-refractivity contribution is 0.579. The number of nitrogens with zero attached hydrogens (tertiary/aromatic N) is 4. The molecule has 1 aromatic heterocycles. The van der Waals surface area contributed by atoms with Crippen molar-refractivity contribution in [1.82, 2.24) is 20.2 Å². The lowest BCUT2D eigenvalue weighted by Crippen LogP contribution is -2.19. The van der Waals surface area contributed by atoms with Crippen LogP contribution in [0.1, 0.15) is 12.5 Å². The maximum Gasteiger partial charge on any atom is 0.182 e. The first-order chi connectivity index (χ1) is 8.99. The van der Waals surface area contributed by atoms with Crippen LogP contribution >= 0.6 is 0 Å². The molecule has 1 aromatic carbocycles. The minimum atomic E-state index is -0.904. The minimum Gasteiger partial charge on any atom is -0.399 e. The van der Waals surface area contributed by atoms with E-state index >= 15 is 0 Å². The zero-order valence-electron chi connectivity index (χ0n) is 11.2. The molecule has 0 radical (unpaired) electrons. The van der Waals surface area contributed by atoms with Crippen molar-refractivity contribution in [3.63, 3.8) is 0 Å². The number of hydrogen-bond donors (Lipinski definition) is 1. The van der Waals surface area contributed by atoms with E-state index in [-0.39, 0.29) is 5.25 Å². The van der Waals surface area contributed by atoms with Crippen LogP contribution in [0.25, 0.3) is 11.4 Å². The standard InChI is InChI=1S/C12H17N5OS/c1-8-6-10(4-5-11(8)13)12-14-15-16-17(12)7-9(2)19(3)18/h4-6,9H,7,13H2,1-3H3. The number of benzene rings is 1. The number of tetrazole rings is 1. The fraction of sp³-hybridized carbons (Fsp3) is 0.417. The van der Waals surface area contributed by atoms with E-state index in [1.165, 1.54) is 0 Å². The molecule has 6 nitrogen and oxygen atoms in total. The van der Waals surface area contributed by atoms with Gasteiger partial charge in [0.15, 0.2) is 5.82 Å². The molecule has 7 heteroatoms. The normalized spacial score (nSPS) is 14.3. The molecule has 102 valence electrons. The van der Waals surface area contributed by atoms with Crippen LogP contribution < -0.4 is 5.73 Å². The van der Waals surface area contributed by atoms with Gasteiger partial charge in [-0.25, -0.2) is 4.68 Å². The Morgan fingerprint density at radius 2 is 2.21 bits per heavy atom.